The van der Waals surface area contributed by atoms with Crippen LogP contribution in [0.5, 0.6) is 0 Å². The summed E-state index contributed by atoms with van der Waals surface area (Å²) in [4.78, 5) is 5.67. The van der Waals surface area contributed by atoms with E-state index in [0.29, 0.717) is 0 Å². The first-order valence-electron chi connectivity index (χ1n) is 5.40. The van der Waals surface area contributed by atoms with Crippen molar-refractivity contribution in [3.63, 3.8) is 0 Å². The lowest BCUT2D eigenvalue weighted by Crippen LogP contribution is -2.26. The number of aliphatic hydroxyl groups is 1. The lowest BCUT2D eigenvalue weighted by Gasteiger charge is -2.03. The highest BCUT2D eigenvalue weighted by Gasteiger charge is 2.12. The van der Waals surface area contributed by atoms with Crippen molar-refractivity contribution in [1.29, 1.82) is 0 Å². The maximum atomic E-state index is 9.13. The first-order chi connectivity index (χ1) is 8.28. The van der Waals surface area contributed by atoms with Crippen molar-refractivity contribution in [2.75, 3.05) is 0 Å². The molecule has 1 atom stereocenters. The number of nitrogens with zero attached hydrogens (tertiary/aromatic N) is 1. The van der Waals surface area contributed by atoms with E-state index in [1.165, 1.54) is 0 Å². The van der Waals surface area contributed by atoms with Gasteiger partial charge in [0.1, 0.15) is 6.17 Å². The highest BCUT2D eigenvalue weighted by Crippen LogP contribution is 2.24. The first-order valence-corrected chi connectivity index (χ1v) is 6.28. The largest absolute Gasteiger partial charge is 0.392 e. The second-order valence-corrected chi connectivity index (χ2v) is 4.96. The third-order valence-electron chi connectivity index (χ3n) is 2.89. The molecule has 3 N–H and O–H groups in total. The monoisotopic (exact) mass is 244 g/mol. The van der Waals surface area contributed by atoms with Crippen LogP contribution in [-0.4, -0.2) is 5.11 Å². The van der Waals surface area contributed by atoms with Crippen LogP contribution >= 0.6 is 11.3 Å². The van der Waals surface area contributed by atoms with Crippen molar-refractivity contribution in [1.82, 2.24) is 0 Å². The minimum Gasteiger partial charge on any atom is -0.392 e. The quantitative estimate of drug-likeness (QED) is 0.774. The number of rotatable bonds is 1. The maximum Gasteiger partial charge on any atom is 0.125 e. The minimum absolute atomic E-state index is 0.0276. The normalized spacial score (nSPS) is 17.4. The minimum atomic E-state index is -0.317. The van der Waals surface area contributed by atoms with Crippen molar-refractivity contribution in [3.8, 4) is 0 Å². The lowest BCUT2D eigenvalue weighted by atomic mass is 10.2. The van der Waals surface area contributed by atoms with Gasteiger partial charge in [-0.05, 0) is 29.2 Å². The van der Waals surface area contributed by atoms with Gasteiger partial charge in [0.25, 0.3) is 0 Å². The van der Waals surface area contributed by atoms with Gasteiger partial charge in [-0.15, -0.1) is 11.3 Å². The molecule has 1 aliphatic heterocycles. The standard InChI is InChI=1S/C13H12N2OS/c14-13-10-3-4-17-12(10)6-9-2-1-8(7-16)5-11(9)15-13/h1-6,13,16H,7,14H2. The van der Waals surface area contributed by atoms with Gasteiger partial charge in [-0.3, -0.25) is 4.99 Å². The van der Waals surface area contributed by atoms with Crippen LogP contribution in [0.15, 0.2) is 34.6 Å². The Morgan fingerprint density at radius 2 is 2.24 bits per heavy atom. The lowest BCUT2D eigenvalue weighted by molar-refractivity contribution is 0.281. The molecule has 86 valence electrons. The Hall–Kier alpha value is -1.49. The zero-order chi connectivity index (χ0) is 11.8. The molecule has 3 rings (SSSR count). The third kappa shape index (κ3) is 1.80. The molecule has 0 spiro atoms. The number of hydrogen-bond acceptors (Lipinski definition) is 4. The van der Waals surface area contributed by atoms with Crippen molar-refractivity contribution >= 4 is 17.4 Å². The molecule has 3 nitrogen and oxygen atoms in total. The van der Waals surface area contributed by atoms with Gasteiger partial charge in [-0.25, -0.2) is 0 Å². The van der Waals surface area contributed by atoms with Crippen LogP contribution in [-0.2, 0) is 6.61 Å². The number of aliphatic hydroxyl groups excluding tert-OH is 1. The smallest absolute Gasteiger partial charge is 0.125 e. The Morgan fingerprint density at radius 3 is 3.06 bits per heavy atom. The Balaban J connectivity index is 2.31. The molecule has 4 heteroatoms. The van der Waals surface area contributed by atoms with Gasteiger partial charge >= 0.3 is 0 Å². The average Bonchev–Trinajstić information content (AvgIpc) is 2.75. The second kappa shape index (κ2) is 4.07. The molecule has 0 bridgehead atoms. The number of fused-ring (bicyclic) bond motifs is 2. The van der Waals surface area contributed by atoms with Gasteiger partial charge in [0, 0.05) is 15.7 Å². The Labute approximate surface area is 103 Å². The highest BCUT2D eigenvalue weighted by molar-refractivity contribution is 7.11. The van der Waals surface area contributed by atoms with Crippen molar-refractivity contribution in [2.45, 2.75) is 12.8 Å². The van der Waals surface area contributed by atoms with Gasteiger partial charge < -0.3 is 10.8 Å². The summed E-state index contributed by atoms with van der Waals surface area (Å²) in [5.41, 5.74) is 7.98. The summed E-state index contributed by atoms with van der Waals surface area (Å²) in [6, 6.07) is 7.80. The van der Waals surface area contributed by atoms with Gasteiger partial charge in [-0.1, -0.05) is 12.1 Å². The van der Waals surface area contributed by atoms with Gasteiger partial charge in [0.05, 0.1) is 12.0 Å². The topological polar surface area (TPSA) is 58.6 Å². The van der Waals surface area contributed by atoms with Crippen molar-refractivity contribution in [2.24, 2.45) is 10.7 Å². The second-order valence-electron chi connectivity index (χ2n) is 4.01. The van der Waals surface area contributed by atoms with E-state index in [1.807, 2.05) is 29.6 Å². The van der Waals surface area contributed by atoms with E-state index in [4.69, 9.17) is 10.8 Å². The van der Waals surface area contributed by atoms with Crippen LogP contribution < -0.4 is 16.3 Å². The predicted octanol–water partition coefficient (Wildman–Crippen LogP) is 0.660. The van der Waals surface area contributed by atoms with Gasteiger partial charge in [-0.2, -0.15) is 0 Å². The Kier molecular flexibility index (Phi) is 2.55. The van der Waals surface area contributed by atoms with Crippen molar-refractivity contribution in [3.05, 3.63) is 56.2 Å². The molecule has 1 aromatic heterocycles. The molecule has 0 saturated heterocycles. The van der Waals surface area contributed by atoms with Crippen LogP contribution in [0.2, 0.25) is 0 Å². The molecule has 17 heavy (non-hydrogen) atoms. The maximum absolute atomic E-state index is 9.13. The SMILES string of the molecule is NC1N=c2cc(CO)ccc2=Cc2sccc21. The van der Waals surface area contributed by atoms with Crippen LogP contribution in [0, 0.1) is 0 Å². The van der Waals surface area contributed by atoms with E-state index in [0.717, 1.165) is 26.6 Å². The molecule has 1 aromatic carbocycles. The Bertz CT molecular complexity index is 675. The molecule has 2 heterocycles. The van der Waals surface area contributed by atoms with Gasteiger partial charge in [0.15, 0.2) is 0 Å². The van der Waals surface area contributed by atoms with Crippen LogP contribution in [0.1, 0.15) is 22.2 Å². The molecule has 2 aromatic rings. The number of nitrogens with two attached hydrogens (primary N) is 1. The van der Waals surface area contributed by atoms with Crippen LogP contribution in [0.3, 0.4) is 0 Å². The predicted molar refractivity (Wildman–Crippen MR) is 68.0 cm³/mol. The summed E-state index contributed by atoms with van der Waals surface area (Å²) < 4.78 is 0. The fourth-order valence-electron chi connectivity index (χ4n) is 1.97. The highest BCUT2D eigenvalue weighted by atomic mass is 32.1. The van der Waals surface area contributed by atoms with Crippen LogP contribution in [0.25, 0.3) is 6.08 Å². The van der Waals surface area contributed by atoms with E-state index in [2.05, 4.69) is 11.1 Å². The van der Waals surface area contributed by atoms with E-state index in [1.54, 1.807) is 11.3 Å². The molecule has 0 radical (unpaired) electrons. The summed E-state index contributed by atoms with van der Waals surface area (Å²) in [7, 11) is 0. The van der Waals surface area contributed by atoms with Crippen molar-refractivity contribution < 1.29 is 5.11 Å². The van der Waals surface area contributed by atoms with E-state index in [9.17, 15) is 0 Å². The zero-order valence-electron chi connectivity index (χ0n) is 9.13. The third-order valence-corrected chi connectivity index (χ3v) is 3.77. The summed E-state index contributed by atoms with van der Waals surface area (Å²) in [5.74, 6) is 0. The molecule has 0 fully saturated rings. The molecule has 0 aliphatic carbocycles. The molecule has 1 aliphatic rings. The molecule has 0 amide bonds. The van der Waals surface area contributed by atoms with Gasteiger partial charge in [0.2, 0.25) is 0 Å². The molecule has 1 unspecified atom stereocenters. The summed E-state index contributed by atoms with van der Waals surface area (Å²) in [6.45, 7) is 0.0276. The van der Waals surface area contributed by atoms with E-state index >= 15 is 0 Å². The molecule has 0 saturated carbocycles. The summed E-state index contributed by atoms with van der Waals surface area (Å²) in [5, 5.41) is 13.1. The van der Waals surface area contributed by atoms with Crippen LogP contribution in [0.4, 0.5) is 0 Å². The fourth-order valence-corrected chi connectivity index (χ4v) is 2.86. The summed E-state index contributed by atoms with van der Waals surface area (Å²) >= 11 is 1.67. The van der Waals surface area contributed by atoms with E-state index in [-0.39, 0.29) is 12.8 Å². The first kappa shape index (κ1) is 10.7. The average molecular weight is 244 g/mol. The number of benzene rings is 1. The Morgan fingerprint density at radius 1 is 1.35 bits per heavy atom. The molecular weight excluding hydrogens is 232 g/mol. The molecular formula is C13H12N2OS. The zero-order valence-corrected chi connectivity index (χ0v) is 9.95. The number of hydrogen-bond donors (Lipinski definition) is 2. The fraction of sp³-hybridized carbons (Fsp3) is 0.154. The van der Waals surface area contributed by atoms with E-state index < -0.39 is 0 Å². The number of thiophene rings is 1. The summed E-state index contributed by atoms with van der Waals surface area (Å²) in [6.07, 6.45) is 1.79.